The summed E-state index contributed by atoms with van der Waals surface area (Å²) < 4.78 is 12.8. The second-order valence-electron chi connectivity index (χ2n) is 10.9. The molecule has 12 atom stereocenters. The number of aliphatic hydroxyl groups excluding tert-OH is 1. The van der Waals surface area contributed by atoms with Crippen LogP contribution >= 0.6 is 0 Å². The zero-order chi connectivity index (χ0) is 19.5. The van der Waals surface area contributed by atoms with Crippen molar-refractivity contribution in [3.63, 3.8) is 0 Å². The summed E-state index contributed by atoms with van der Waals surface area (Å²) in [5.41, 5.74) is 1.13. The number of hydrogen-bond donors (Lipinski definition) is 2. The van der Waals surface area contributed by atoms with Crippen molar-refractivity contribution >= 4 is 0 Å². The molecule has 2 bridgehead atoms. The van der Waals surface area contributed by atoms with Crippen LogP contribution in [0.4, 0.5) is 0 Å². The lowest BCUT2D eigenvalue weighted by Crippen LogP contribution is -2.74. The first kappa shape index (κ1) is 18.6. The topological polar surface area (TPSA) is 58.9 Å². The van der Waals surface area contributed by atoms with Gasteiger partial charge in [-0.1, -0.05) is 39.3 Å². The molecule has 0 aromatic heterocycles. The molecule has 0 aromatic rings. The normalized spacial score (nSPS) is 64.6. The summed E-state index contributed by atoms with van der Waals surface area (Å²) in [5, 5.41) is 23.1. The van der Waals surface area contributed by atoms with E-state index in [9.17, 15) is 10.2 Å². The van der Waals surface area contributed by atoms with Gasteiger partial charge in [0.05, 0.1) is 18.8 Å². The minimum absolute atomic E-state index is 0.0238. The minimum atomic E-state index is -1.46. The average Bonchev–Trinajstić information content (AvgIpc) is 2.90. The second kappa shape index (κ2) is 5.38. The molecular formula is C23H36O4. The molecule has 2 N–H and O–H groups in total. The monoisotopic (exact) mass is 376 g/mol. The Hall–Kier alpha value is -0.420. The predicted octanol–water partition coefficient (Wildman–Crippen LogP) is 3.37. The van der Waals surface area contributed by atoms with E-state index in [1.54, 1.807) is 0 Å². The largest absolute Gasteiger partial charge is 0.387 e. The van der Waals surface area contributed by atoms with Crippen molar-refractivity contribution in [1.29, 1.82) is 0 Å². The number of allylic oxidation sites excluding steroid dienone is 2. The van der Waals surface area contributed by atoms with Crippen molar-refractivity contribution in [2.45, 2.75) is 78.5 Å². The molecule has 2 saturated carbocycles. The van der Waals surface area contributed by atoms with Crippen LogP contribution in [0.15, 0.2) is 11.6 Å². The van der Waals surface area contributed by atoms with Crippen molar-refractivity contribution < 1.29 is 19.7 Å². The van der Waals surface area contributed by atoms with E-state index in [0.717, 1.165) is 12.8 Å². The highest BCUT2D eigenvalue weighted by Crippen LogP contribution is 2.75. The summed E-state index contributed by atoms with van der Waals surface area (Å²) in [4.78, 5) is 0. The molecule has 4 heteroatoms. The fraction of sp³-hybridized carbons (Fsp3) is 0.913. The summed E-state index contributed by atoms with van der Waals surface area (Å²) in [6.45, 7) is 14.0. The Balaban J connectivity index is 1.76. The number of aliphatic hydroxyl groups is 2. The third-order valence-corrected chi connectivity index (χ3v) is 10.0. The van der Waals surface area contributed by atoms with E-state index in [0.29, 0.717) is 30.3 Å². The van der Waals surface area contributed by atoms with Crippen LogP contribution in [-0.2, 0) is 9.47 Å². The van der Waals surface area contributed by atoms with Crippen LogP contribution < -0.4 is 0 Å². The van der Waals surface area contributed by atoms with Crippen LogP contribution in [0, 0.1) is 46.3 Å². The molecule has 3 unspecified atom stereocenters. The molecular weight excluding hydrogens is 340 g/mol. The van der Waals surface area contributed by atoms with Crippen molar-refractivity contribution in [3.05, 3.63) is 11.6 Å². The van der Waals surface area contributed by atoms with E-state index in [4.69, 9.17) is 9.47 Å². The zero-order valence-electron chi connectivity index (χ0n) is 17.6. The lowest BCUT2D eigenvalue weighted by Gasteiger charge is -2.70. The molecule has 3 aliphatic carbocycles. The van der Waals surface area contributed by atoms with Gasteiger partial charge in [-0.25, -0.2) is 0 Å². The Labute approximate surface area is 163 Å². The molecule has 2 aliphatic heterocycles. The maximum Gasteiger partial charge on any atom is 0.196 e. The average molecular weight is 377 g/mol. The highest BCUT2D eigenvalue weighted by molar-refractivity contribution is 5.30. The maximum absolute atomic E-state index is 11.8. The van der Waals surface area contributed by atoms with E-state index >= 15 is 0 Å². The summed E-state index contributed by atoms with van der Waals surface area (Å²) in [6.07, 6.45) is 3.84. The molecule has 0 radical (unpaired) electrons. The summed E-state index contributed by atoms with van der Waals surface area (Å²) in [6, 6.07) is 0. The molecule has 2 saturated heterocycles. The Kier molecular flexibility index (Phi) is 3.71. The molecule has 0 aromatic carbocycles. The van der Waals surface area contributed by atoms with Gasteiger partial charge < -0.3 is 19.7 Å². The van der Waals surface area contributed by atoms with Gasteiger partial charge in [0.1, 0.15) is 6.10 Å². The van der Waals surface area contributed by atoms with Crippen molar-refractivity contribution in [2.75, 3.05) is 6.61 Å². The van der Waals surface area contributed by atoms with Gasteiger partial charge in [0.2, 0.25) is 0 Å². The van der Waals surface area contributed by atoms with Gasteiger partial charge in [0, 0.05) is 11.3 Å². The lowest BCUT2D eigenvalue weighted by molar-refractivity contribution is -0.341. The molecule has 152 valence electrons. The van der Waals surface area contributed by atoms with Crippen LogP contribution in [0.1, 0.15) is 54.4 Å². The van der Waals surface area contributed by atoms with E-state index in [1.807, 2.05) is 0 Å². The highest BCUT2D eigenvalue weighted by Gasteiger charge is 2.80. The minimum Gasteiger partial charge on any atom is -0.387 e. The van der Waals surface area contributed by atoms with Crippen LogP contribution in [0.3, 0.4) is 0 Å². The van der Waals surface area contributed by atoms with Gasteiger partial charge in [-0.2, -0.15) is 0 Å². The first-order chi connectivity index (χ1) is 12.6. The zero-order valence-corrected chi connectivity index (χ0v) is 17.6. The third-order valence-electron chi connectivity index (χ3n) is 10.0. The fourth-order valence-corrected chi connectivity index (χ4v) is 8.69. The summed E-state index contributed by atoms with van der Waals surface area (Å²) in [5.74, 6) is 0.0502. The van der Waals surface area contributed by atoms with E-state index in [1.165, 1.54) is 5.57 Å². The number of hydrogen-bond acceptors (Lipinski definition) is 4. The van der Waals surface area contributed by atoms with Crippen LogP contribution in [0.5, 0.6) is 0 Å². The third kappa shape index (κ3) is 1.90. The summed E-state index contributed by atoms with van der Waals surface area (Å²) >= 11 is 0. The van der Waals surface area contributed by atoms with Crippen LogP contribution in [0.2, 0.25) is 0 Å². The molecule has 5 aliphatic rings. The van der Waals surface area contributed by atoms with Gasteiger partial charge in [0.25, 0.3) is 0 Å². The second-order valence-corrected chi connectivity index (χ2v) is 10.9. The van der Waals surface area contributed by atoms with Crippen molar-refractivity contribution in [2.24, 2.45) is 46.3 Å². The Morgan fingerprint density at radius 3 is 2.56 bits per heavy atom. The fourth-order valence-electron chi connectivity index (χ4n) is 8.69. The summed E-state index contributed by atoms with van der Waals surface area (Å²) in [7, 11) is 0. The van der Waals surface area contributed by atoms with E-state index in [-0.39, 0.29) is 34.9 Å². The molecule has 27 heavy (non-hydrogen) atoms. The molecule has 5 rings (SSSR count). The molecule has 0 amide bonds. The molecule has 2 heterocycles. The lowest BCUT2D eigenvalue weighted by atomic mass is 9.36. The standard InChI is InChI=1S/C23H36O4/c1-11-7-12(2)16-9-18-22-10-26-23(25,20(22)21(16,6)15(11)5)19(24)14(4)17(22)8-13(3)27-18/h7,11,13-20,24-25H,8-10H2,1-6H3/t11?,13?,14-,15?,16+,17-,18+,19-,20-,21-,22+,23+/m0/s1. The molecule has 1 spiro atoms. The van der Waals surface area contributed by atoms with Gasteiger partial charge >= 0.3 is 0 Å². The van der Waals surface area contributed by atoms with Gasteiger partial charge in [0.15, 0.2) is 5.79 Å². The number of ether oxygens (including phenoxy) is 2. The Bertz CT molecular complexity index is 690. The van der Waals surface area contributed by atoms with E-state index in [2.05, 4.69) is 47.6 Å². The van der Waals surface area contributed by atoms with Crippen molar-refractivity contribution in [1.82, 2.24) is 0 Å². The van der Waals surface area contributed by atoms with E-state index < -0.39 is 11.9 Å². The Morgan fingerprint density at radius 1 is 1.15 bits per heavy atom. The Morgan fingerprint density at radius 2 is 1.85 bits per heavy atom. The van der Waals surface area contributed by atoms with Gasteiger partial charge in [-0.3, -0.25) is 0 Å². The maximum atomic E-state index is 11.8. The smallest absolute Gasteiger partial charge is 0.196 e. The first-order valence-corrected chi connectivity index (χ1v) is 11.0. The molecule has 4 nitrogen and oxygen atoms in total. The molecule has 4 fully saturated rings. The number of rotatable bonds is 0. The first-order valence-electron chi connectivity index (χ1n) is 11.0. The predicted molar refractivity (Wildman–Crippen MR) is 103 cm³/mol. The van der Waals surface area contributed by atoms with Gasteiger partial charge in [-0.15, -0.1) is 0 Å². The quantitative estimate of drug-likeness (QED) is 0.637. The van der Waals surface area contributed by atoms with Gasteiger partial charge in [-0.05, 0) is 61.7 Å². The van der Waals surface area contributed by atoms with Crippen LogP contribution in [-0.4, -0.2) is 40.9 Å². The van der Waals surface area contributed by atoms with Crippen molar-refractivity contribution in [3.8, 4) is 0 Å². The number of fused-ring (bicyclic) bond motifs is 1. The highest BCUT2D eigenvalue weighted by atomic mass is 16.6. The SMILES string of the molecule is CC1=CC(C)C(C)[C@@]2(C)[C@@H]1C[C@H]1OC(C)C[C@H]3[C@H](C)[C@H](O)[C@@]4(O)OC[C@]13[C@@H]42. The van der Waals surface area contributed by atoms with Crippen LogP contribution in [0.25, 0.3) is 0 Å².